The minimum Gasteiger partial charge on any atom is -0.361 e. The zero-order chi connectivity index (χ0) is 19.4. The Balaban J connectivity index is 1.57. The number of aromatic nitrogens is 1. The Bertz CT molecular complexity index is 864. The standard InChI is InChI=1S/C19H23FN4O3/c1-2-8-21-17(25)6-5-16-18(26)24(19(27)23-16)9-7-12-11-22-15-4-3-13(20)10-14(12)15/h3-4,10-11,16,22H,2,5-9H2,1H3,(H,21,25)(H,23,27). The van der Waals surface area contributed by atoms with E-state index >= 15 is 0 Å². The van der Waals surface area contributed by atoms with Crippen LogP contribution < -0.4 is 10.6 Å². The second-order valence-corrected chi connectivity index (χ2v) is 6.63. The monoisotopic (exact) mass is 374 g/mol. The second kappa shape index (κ2) is 8.20. The molecular formula is C19H23FN4O3. The van der Waals surface area contributed by atoms with Gasteiger partial charge in [0.15, 0.2) is 0 Å². The first kappa shape index (κ1) is 18.9. The predicted octanol–water partition coefficient (Wildman–Crippen LogP) is 2.08. The molecule has 4 amide bonds. The molecule has 1 aromatic heterocycles. The van der Waals surface area contributed by atoms with Crippen molar-refractivity contribution in [3.05, 3.63) is 35.8 Å². The van der Waals surface area contributed by atoms with Gasteiger partial charge in [0.05, 0.1) is 0 Å². The van der Waals surface area contributed by atoms with E-state index in [1.54, 1.807) is 12.3 Å². The lowest BCUT2D eigenvalue weighted by molar-refractivity contribution is -0.127. The Hall–Kier alpha value is -2.90. The summed E-state index contributed by atoms with van der Waals surface area (Å²) in [7, 11) is 0. The quantitative estimate of drug-likeness (QED) is 0.618. The van der Waals surface area contributed by atoms with E-state index in [9.17, 15) is 18.8 Å². The summed E-state index contributed by atoms with van der Waals surface area (Å²) in [5.74, 6) is -0.785. The van der Waals surface area contributed by atoms with E-state index in [-0.39, 0.29) is 37.0 Å². The maximum absolute atomic E-state index is 13.5. The molecular weight excluding hydrogens is 351 g/mol. The van der Waals surface area contributed by atoms with Gasteiger partial charge in [0.2, 0.25) is 5.91 Å². The fourth-order valence-corrected chi connectivity index (χ4v) is 3.20. The Morgan fingerprint density at radius 3 is 2.93 bits per heavy atom. The molecule has 1 atom stereocenters. The maximum Gasteiger partial charge on any atom is 0.324 e. The summed E-state index contributed by atoms with van der Waals surface area (Å²) in [5, 5.41) is 6.12. The van der Waals surface area contributed by atoms with E-state index in [0.717, 1.165) is 27.8 Å². The first-order chi connectivity index (χ1) is 13.0. The average Bonchev–Trinajstić information content (AvgIpc) is 3.16. The Kier molecular flexibility index (Phi) is 5.73. The third kappa shape index (κ3) is 4.27. The van der Waals surface area contributed by atoms with Crippen LogP contribution in [-0.2, 0) is 16.0 Å². The number of H-pyrrole nitrogens is 1. The molecule has 2 heterocycles. The van der Waals surface area contributed by atoms with E-state index in [1.165, 1.54) is 12.1 Å². The molecule has 1 saturated heterocycles. The van der Waals surface area contributed by atoms with Crippen molar-refractivity contribution in [1.82, 2.24) is 20.5 Å². The number of nitrogens with zero attached hydrogens (tertiary/aromatic N) is 1. The fraction of sp³-hybridized carbons (Fsp3) is 0.421. The number of carbonyl (C=O) groups excluding carboxylic acids is 3. The van der Waals surface area contributed by atoms with Crippen molar-refractivity contribution in [2.75, 3.05) is 13.1 Å². The van der Waals surface area contributed by atoms with Gasteiger partial charge in [-0.25, -0.2) is 9.18 Å². The molecule has 0 bridgehead atoms. The number of aromatic amines is 1. The summed E-state index contributed by atoms with van der Waals surface area (Å²) in [6.45, 7) is 2.76. The van der Waals surface area contributed by atoms with E-state index < -0.39 is 12.1 Å². The lowest BCUT2D eigenvalue weighted by atomic mass is 10.1. The van der Waals surface area contributed by atoms with Crippen LogP contribution in [0.25, 0.3) is 10.9 Å². The highest BCUT2D eigenvalue weighted by Crippen LogP contribution is 2.21. The fourth-order valence-electron chi connectivity index (χ4n) is 3.20. The Morgan fingerprint density at radius 2 is 2.15 bits per heavy atom. The van der Waals surface area contributed by atoms with E-state index in [1.807, 2.05) is 6.92 Å². The lowest BCUT2D eigenvalue weighted by Crippen LogP contribution is -2.34. The number of fused-ring (bicyclic) bond motifs is 1. The van der Waals surface area contributed by atoms with Crippen LogP contribution in [0.2, 0.25) is 0 Å². The number of halogens is 1. The van der Waals surface area contributed by atoms with Gasteiger partial charge in [-0.2, -0.15) is 0 Å². The number of rotatable bonds is 8. The van der Waals surface area contributed by atoms with Crippen molar-refractivity contribution in [3.63, 3.8) is 0 Å². The van der Waals surface area contributed by atoms with Gasteiger partial charge >= 0.3 is 6.03 Å². The van der Waals surface area contributed by atoms with E-state index in [2.05, 4.69) is 15.6 Å². The van der Waals surface area contributed by atoms with Gasteiger partial charge in [-0.15, -0.1) is 0 Å². The summed E-state index contributed by atoms with van der Waals surface area (Å²) in [4.78, 5) is 40.5. The maximum atomic E-state index is 13.5. The number of urea groups is 1. The SMILES string of the molecule is CCCNC(=O)CCC1NC(=O)N(CCc2c[nH]c3ccc(F)cc23)C1=O. The van der Waals surface area contributed by atoms with Crippen LogP contribution in [-0.4, -0.2) is 46.9 Å². The molecule has 1 unspecified atom stereocenters. The first-order valence-corrected chi connectivity index (χ1v) is 9.13. The van der Waals surface area contributed by atoms with Crippen molar-refractivity contribution in [1.29, 1.82) is 0 Å². The number of carbonyl (C=O) groups is 3. The molecule has 1 aromatic carbocycles. The number of benzene rings is 1. The molecule has 0 aliphatic carbocycles. The van der Waals surface area contributed by atoms with Crippen LogP contribution in [0.1, 0.15) is 31.7 Å². The number of nitrogens with one attached hydrogen (secondary N) is 3. The van der Waals surface area contributed by atoms with Crippen LogP contribution in [0.5, 0.6) is 0 Å². The summed E-state index contributed by atoms with van der Waals surface area (Å²) in [6, 6.07) is 3.34. The molecule has 8 heteroatoms. The zero-order valence-corrected chi connectivity index (χ0v) is 15.2. The third-order valence-corrected chi connectivity index (χ3v) is 4.67. The third-order valence-electron chi connectivity index (χ3n) is 4.67. The summed E-state index contributed by atoms with van der Waals surface area (Å²) < 4.78 is 13.5. The van der Waals surface area contributed by atoms with Crippen molar-refractivity contribution in [3.8, 4) is 0 Å². The number of imide groups is 1. The average molecular weight is 374 g/mol. The van der Waals surface area contributed by atoms with E-state index in [4.69, 9.17) is 0 Å². The topological polar surface area (TPSA) is 94.3 Å². The van der Waals surface area contributed by atoms with Crippen molar-refractivity contribution in [2.24, 2.45) is 0 Å². The first-order valence-electron chi connectivity index (χ1n) is 9.13. The normalized spacial score (nSPS) is 16.8. The highest BCUT2D eigenvalue weighted by atomic mass is 19.1. The summed E-state index contributed by atoms with van der Waals surface area (Å²) in [6.07, 6.45) is 3.49. The van der Waals surface area contributed by atoms with Gasteiger partial charge in [0.25, 0.3) is 5.91 Å². The molecule has 27 heavy (non-hydrogen) atoms. The molecule has 2 aromatic rings. The van der Waals surface area contributed by atoms with Crippen molar-refractivity contribution in [2.45, 2.75) is 38.6 Å². The van der Waals surface area contributed by atoms with Gasteiger partial charge in [-0.05, 0) is 43.0 Å². The molecule has 1 aliphatic heterocycles. The van der Waals surface area contributed by atoms with Gasteiger partial charge in [-0.1, -0.05) is 6.92 Å². The molecule has 1 fully saturated rings. The molecule has 3 rings (SSSR count). The highest BCUT2D eigenvalue weighted by molar-refractivity contribution is 6.04. The molecule has 7 nitrogen and oxygen atoms in total. The summed E-state index contributed by atoms with van der Waals surface area (Å²) in [5.41, 5.74) is 1.65. The van der Waals surface area contributed by atoms with Crippen LogP contribution in [0.3, 0.4) is 0 Å². The number of hydrogen-bond acceptors (Lipinski definition) is 3. The van der Waals surface area contributed by atoms with Crippen LogP contribution in [0, 0.1) is 5.82 Å². The molecule has 0 spiro atoms. The number of amides is 4. The second-order valence-electron chi connectivity index (χ2n) is 6.63. The molecule has 0 radical (unpaired) electrons. The van der Waals surface area contributed by atoms with Gasteiger partial charge < -0.3 is 15.6 Å². The molecule has 3 N–H and O–H groups in total. The largest absolute Gasteiger partial charge is 0.361 e. The Labute approximate surface area is 156 Å². The van der Waals surface area contributed by atoms with Crippen molar-refractivity contribution >= 4 is 28.7 Å². The van der Waals surface area contributed by atoms with E-state index in [0.29, 0.717) is 13.0 Å². The predicted molar refractivity (Wildman–Crippen MR) is 98.5 cm³/mol. The minimum atomic E-state index is -0.676. The van der Waals surface area contributed by atoms with Crippen molar-refractivity contribution < 1.29 is 18.8 Å². The molecule has 144 valence electrons. The number of hydrogen-bond donors (Lipinski definition) is 3. The molecule has 1 aliphatic rings. The smallest absolute Gasteiger partial charge is 0.324 e. The van der Waals surface area contributed by atoms with Gasteiger partial charge in [0, 0.05) is 36.6 Å². The van der Waals surface area contributed by atoms with Crippen LogP contribution in [0.15, 0.2) is 24.4 Å². The highest BCUT2D eigenvalue weighted by Gasteiger charge is 2.37. The molecule has 0 saturated carbocycles. The van der Waals surface area contributed by atoms with Crippen LogP contribution in [0.4, 0.5) is 9.18 Å². The Morgan fingerprint density at radius 1 is 1.33 bits per heavy atom. The minimum absolute atomic E-state index is 0.127. The van der Waals surface area contributed by atoms with Crippen LogP contribution >= 0.6 is 0 Å². The lowest BCUT2D eigenvalue weighted by Gasteiger charge is -2.12. The van der Waals surface area contributed by atoms with Gasteiger partial charge in [-0.3, -0.25) is 14.5 Å². The van der Waals surface area contributed by atoms with Gasteiger partial charge in [0.1, 0.15) is 11.9 Å². The zero-order valence-electron chi connectivity index (χ0n) is 15.2. The summed E-state index contributed by atoms with van der Waals surface area (Å²) >= 11 is 0.